The fourth-order valence-corrected chi connectivity index (χ4v) is 1.40. The average molecular weight is 170 g/mol. The molecule has 0 heterocycles. The van der Waals surface area contributed by atoms with Gasteiger partial charge in [0, 0.05) is 0 Å². The lowest BCUT2D eigenvalue weighted by atomic mass is 9.95. The Morgan fingerprint density at radius 2 is 2.08 bits per heavy atom. The summed E-state index contributed by atoms with van der Waals surface area (Å²) in [5.41, 5.74) is 0. The first-order chi connectivity index (χ1) is 5.72. The van der Waals surface area contributed by atoms with Gasteiger partial charge in [-0.15, -0.1) is 6.58 Å². The molecule has 0 radical (unpaired) electrons. The third-order valence-corrected chi connectivity index (χ3v) is 2.31. The van der Waals surface area contributed by atoms with Crippen LogP contribution in [0, 0.1) is 5.92 Å². The Labute approximate surface area is 76.5 Å². The molecule has 2 atom stereocenters. The average Bonchev–Trinajstić information content (AvgIpc) is 2.05. The summed E-state index contributed by atoms with van der Waals surface area (Å²) in [6.45, 7) is 7.94. The monoisotopic (exact) mass is 170 g/mol. The standard InChI is InChI=1S/C11H22O/c1-4-6-7-9-11(12)10(3)8-5-2/h4,10-12H,1,5-9H2,2-3H3. The molecule has 1 N–H and O–H groups in total. The van der Waals surface area contributed by atoms with Gasteiger partial charge in [0.2, 0.25) is 0 Å². The van der Waals surface area contributed by atoms with Crippen LogP contribution in [0.2, 0.25) is 0 Å². The maximum Gasteiger partial charge on any atom is 0.0565 e. The smallest absolute Gasteiger partial charge is 0.0565 e. The van der Waals surface area contributed by atoms with E-state index in [2.05, 4.69) is 20.4 Å². The minimum Gasteiger partial charge on any atom is -0.393 e. The Morgan fingerprint density at radius 3 is 2.58 bits per heavy atom. The molecule has 1 heteroatoms. The molecule has 0 aliphatic carbocycles. The van der Waals surface area contributed by atoms with E-state index in [4.69, 9.17) is 0 Å². The first-order valence-electron chi connectivity index (χ1n) is 5.01. The van der Waals surface area contributed by atoms with Gasteiger partial charge in [0.05, 0.1) is 6.10 Å². The SMILES string of the molecule is C=CCCCC(O)C(C)CCC. The van der Waals surface area contributed by atoms with Gasteiger partial charge in [-0.25, -0.2) is 0 Å². The molecule has 0 aromatic carbocycles. The van der Waals surface area contributed by atoms with Crippen LogP contribution in [-0.4, -0.2) is 11.2 Å². The van der Waals surface area contributed by atoms with Gasteiger partial charge in [-0.2, -0.15) is 0 Å². The predicted octanol–water partition coefficient (Wildman–Crippen LogP) is 3.14. The Morgan fingerprint density at radius 1 is 1.42 bits per heavy atom. The number of rotatable bonds is 7. The van der Waals surface area contributed by atoms with Crippen LogP contribution in [0.15, 0.2) is 12.7 Å². The van der Waals surface area contributed by atoms with Crippen molar-refractivity contribution in [1.82, 2.24) is 0 Å². The first kappa shape index (κ1) is 11.7. The van der Waals surface area contributed by atoms with Gasteiger partial charge in [0.15, 0.2) is 0 Å². The largest absolute Gasteiger partial charge is 0.393 e. The van der Waals surface area contributed by atoms with E-state index in [1.807, 2.05) is 6.08 Å². The summed E-state index contributed by atoms with van der Waals surface area (Å²) in [7, 11) is 0. The van der Waals surface area contributed by atoms with E-state index >= 15 is 0 Å². The molecule has 0 spiro atoms. The summed E-state index contributed by atoms with van der Waals surface area (Å²) in [4.78, 5) is 0. The Hall–Kier alpha value is -0.300. The molecule has 0 bridgehead atoms. The number of aliphatic hydroxyl groups excluding tert-OH is 1. The van der Waals surface area contributed by atoms with E-state index in [0.29, 0.717) is 5.92 Å². The first-order valence-corrected chi connectivity index (χ1v) is 5.01. The lowest BCUT2D eigenvalue weighted by Crippen LogP contribution is -2.16. The molecule has 0 amide bonds. The number of aliphatic hydroxyl groups is 1. The van der Waals surface area contributed by atoms with Crippen LogP contribution in [0.5, 0.6) is 0 Å². The molecule has 0 aromatic heterocycles. The number of unbranched alkanes of at least 4 members (excludes halogenated alkanes) is 1. The highest BCUT2D eigenvalue weighted by atomic mass is 16.3. The number of hydrogen-bond acceptors (Lipinski definition) is 1. The zero-order valence-corrected chi connectivity index (χ0v) is 8.42. The topological polar surface area (TPSA) is 20.2 Å². The summed E-state index contributed by atoms with van der Waals surface area (Å²) in [5.74, 6) is 0.458. The van der Waals surface area contributed by atoms with Gasteiger partial charge in [-0.05, 0) is 31.6 Å². The lowest BCUT2D eigenvalue weighted by Gasteiger charge is -2.17. The molecule has 0 aliphatic rings. The van der Waals surface area contributed by atoms with E-state index in [0.717, 1.165) is 25.7 Å². The summed E-state index contributed by atoms with van der Waals surface area (Å²) >= 11 is 0. The molecule has 0 saturated carbocycles. The van der Waals surface area contributed by atoms with Gasteiger partial charge in [-0.3, -0.25) is 0 Å². The van der Waals surface area contributed by atoms with E-state index in [1.54, 1.807) is 0 Å². The fraction of sp³-hybridized carbons (Fsp3) is 0.818. The zero-order chi connectivity index (χ0) is 9.40. The third kappa shape index (κ3) is 5.36. The molecule has 0 saturated heterocycles. The number of allylic oxidation sites excluding steroid dienone is 1. The summed E-state index contributed by atoms with van der Waals surface area (Å²) in [6.07, 6.45) is 7.12. The van der Waals surface area contributed by atoms with Crippen molar-refractivity contribution in [2.45, 2.75) is 52.1 Å². The van der Waals surface area contributed by atoms with Crippen molar-refractivity contribution in [3.63, 3.8) is 0 Å². The highest BCUT2D eigenvalue weighted by Gasteiger charge is 2.11. The van der Waals surface area contributed by atoms with Crippen LogP contribution in [-0.2, 0) is 0 Å². The van der Waals surface area contributed by atoms with E-state index in [-0.39, 0.29) is 6.10 Å². The maximum absolute atomic E-state index is 9.64. The molecular formula is C11H22O. The van der Waals surface area contributed by atoms with Crippen molar-refractivity contribution in [2.75, 3.05) is 0 Å². The van der Waals surface area contributed by atoms with Crippen LogP contribution in [0.4, 0.5) is 0 Å². The minimum absolute atomic E-state index is 0.107. The van der Waals surface area contributed by atoms with Crippen molar-refractivity contribution in [2.24, 2.45) is 5.92 Å². The molecular weight excluding hydrogens is 148 g/mol. The molecule has 0 rings (SSSR count). The predicted molar refractivity (Wildman–Crippen MR) is 54.1 cm³/mol. The van der Waals surface area contributed by atoms with Gasteiger partial charge >= 0.3 is 0 Å². The summed E-state index contributed by atoms with van der Waals surface area (Å²) in [6, 6.07) is 0. The number of hydrogen-bond donors (Lipinski definition) is 1. The van der Waals surface area contributed by atoms with Crippen molar-refractivity contribution in [1.29, 1.82) is 0 Å². The second-order valence-electron chi connectivity index (χ2n) is 3.55. The van der Waals surface area contributed by atoms with Gasteiger partial charge < -0.3 is 5.11 Å². The second-order valence-corrected chi connectivity index (χ2v) is 3.55. The Bertz CT molecular complexity index is 110. The fourth-order valence-electron chi connectivity index (χ4n) is 1.40. The van der Waals surface area contributed by atoms with Gasteiger partial charge in [0.25, 0.3) is 0 Å². The van der Waals surface area contributed by atoms with Crippen molar-refractivity contribution in [3.8, 4) is 0 Å². The van der Waals surface area contributed by atoms with E-state index in [9.17, 15) is 5.11 Å². The van der Waals surface area contributed by atoms with Crippen LogP contribution in [0.1, 0.15) is 46.0 Å². The van der Waals surface area contributed by atoms with Crippen LogP contribution in [0.25, 0.3) is 0 Å². The minimum atomic E-state index is -0.107. The zero-order valence-electron chi connectivity index (χ0n) is 8.42. The molecule has 12 heavy (non-hydrogen) atoms. The molecule has 2 unspecified atom stereocenters. The molecule has 0 fully saturated rings. The van der Waals surface area contributed by atoms with Crippen molar-refractivity contribution >= 4 is 0 Å². The van der Waals surface area contributed by atoms with Gasteiger partial charge in [0.1, 0.15) is 0 Å². The van der Waals surface area contributed by atoms with E-state index < -0.39 is 0 Å². The van der Waals surface area contributed by atoms with Crippen LogP contribution < -0.4 is 0 Å². The maximum atomic E-state index is 9.64. The Kier molecular flexibility index (Phi) is 7.17. The quantitative estimate of drug-likeness (QED) is 0.459. The Balaban J connectivity index is 3.41. The second kappa shape index (κ2) is 7.35. The highest BCUT2D eigenvalue weighted by molar-refractivity contribution is 4.69. The molecule has 72 valence electrons. The summed E-state index contributed by atoms with van der Waals surface area (Å²) < 4.78 is 0. The normalized spacial score (nSPS) is 15.6. The molecule has 1 nitrogen and oxygen atoms in total. The van der Waals surface area contributed by atoms with Crippen LogP contribution in [0.3, 0.4) is 0 Å². The summed E-state index contributed by atoms with van der Waals surface area (Å²) in [5, 5.41) is 9.64. The van der Waals surface area contributed by atoms with Crippen molar-refractivity contribution < 1.29 is 5.11 Å². The lowest BCUT2D eigenvalue weighted by molar-refractivity contribution is 0.101. The van der Waals surface area contributed by atoms with Crippen molar-refractivity contribution in [3.05, 3.63) is 12.7 Å². The van der Waals surface area contributed by atoms with Crippen LogP contribution >= 0.6 is 0 Å². The highest BCUT2D eigenvalue weighted by Crippen LogP contribution is 2.15. The van der Waals surface area contributed by atoms with Gasteiger partial charge in [-0.1, -0.05) is 26.3 Å². The molecule has 0 aliphatic heterocycles. The van der Waals surface area contributed by atoms with E-state index in [1.165, 1.54) is 6.42 Å². The third-order valence-electron chi connectivity index (χ3n) is 2.31. The molecule has 0 aromatic rings.